The number of fused-ring (bicyclic) bond motifs is 1. The number of hydrazone groups is 1. The van der Waals surface area contributed by atoms with E-state index in [1.54, 1.807) is 12.4 Å². The molecule has 1 aromatic heterocycles. The molecule has 0 bridgehead atoms. The van der Waals surface area contributed by atoms with Crippen LogP contribution in [0.3, 0.4) is 0 Å². The summed E-state index contributed by atoms with van der Waals surface area (Å²) in [7, 11) is -1.12. The molecule has 1 aliphatic rings. The molecular formula is C18H14BN3O2S. The number of carbonyl (C=O) groups is 1. The first-order valence-electron chi connectivity index (χ1n) is 7.81. The van der Waals surface area contributed by atoms with Crippen molar-refractivity contribution in [3.05, 3.63) is 70.2 Å². The summed E-state index contributed by atoms with van der Waals surface area (Å²) in [4.78, 5) is 18.6. The highest BCUT2D eigenvalue weighted by Crippen LogP contribution is 2.21. The summed E-state index contributed by atoms with van der Waals surface area (Å²) < 4.78 is 0. The smallest absolute Gasteiger partial charge is 0.427 e. The van der Waals surface area contributed by atoms with Crippen LogP contribution >= 0.6 is 11.3 Å². The largest absolute Gasteiger partial charge is 0.474 e. The van der Waals surface area contributed by atoms with Gasteiger partial charge in [0.05, 0.1) is 6.21 Å². The molecule has 0 atom stereocenters. The van der Waals surface area contributed by atoms with E-state index in [-0.39, 0.29) is 0 Å². The van der Waals surface area contributed by atoms with Crippen LogP contribution in [0.1, 0.15) is 20.2 Å². The molecule has 1 aliphatic heterocycles. The molecule has 5 nitrogen and oxygen atoms in total. The molecule has 2 aromatic carbocycles. The molecule has 4 rings (SSSR count). The first-order valence-corrected chi connectivity index (χ1v) is 8.62. The Morgan fingerprint density at radius 2 is 1.96 bits per heavy atom. The zero-order chi connectivity index (χ0) is 17.4. The lowest BCUT2D eigenvalue weighted by Gasteiger charge is -2.24. The van der Waals surface area contributed by atoms with Crippen molar-refractivity contribution in [1.29, 1.82) is 0 Å². The molecule has 25 heavy (non-hydrogen) atoms. The third-order valence-corrected chi connectivity index (χ3v) is 4.94. The van der Waals surface area contributed by atoms with Gasteiger partial charge in [-0.15, -0.1) is 11.3 Å². The van der Waals surface area contributed by atoms with Crippen LogP contribution < -0.4 is 5.46 Å². The van der Waals surface area contributed by atoms with Crippen molar-refractivity contribution in [1.82, 2.24) is 9.90 Å². The van der Waals surface area contributed by atoms with Gasteiger partial charge in [-0.05, 0) is 35.1 Å². The zero-order valence-corrected chi connectivity index (χ0v) is 14.3. The van der Waals surface area contributed by atoms with Gasteiger partial charge in [-0.25, -0.2) is 9.90 Å². The van der Waals surface area contributed by atoms with Crippen LogP contribution in [0.15, 0.2) is 59.8 Å². The minimum Gasteiger partial charge on any atom is -0.427 e. The molecule has 2 heterocycles. The van der Waals surface area contributed by atoms with E-state index in [2.05, 4.69) is 10.1 Å². The van der Waals surface area contributed by atoms with E-state index in [4.69, 9.17) is 0 Å². The third-order valence-electron chi connectivity index (χ3n) is 4.04. The van der Waals surface area contributed by atoms with Crippen molar-refractivity contribution in [3.8, 4) is 11.1 Å². The molecule has 1 N–H and O–H groups in total. The Labute approximate surface area is 149 Å². The molecule has 0 unspecified atom stereocenters. The van der Waals surface area contributed by atoms with E-state index in [1.165, 1.54) is 11.3 Å². The van der Waals surface area contributed by atoms with Crippen LogP contribution in [-0.4, -0.2) is 34.1 Å². The first-order chi connectivity index (χ1) is 12.1. The quantitative estimate of drug-likeness (QED) is 0.724. The Morgan fingerprint density at radius 3 is 2.68 bits per heavy atom. The number of aromatic nitrogens is 1. The van der Waals surface area contributed by atoms with Gasteiger partial charge in [-0.2, -0.15) is 5.10 Å². The minimum absolute atomic E-state index is 0.318. The van der Waals surface area contributed by atoms with Crippen LogP contribution in [0.4, 0.5) is 0 Å². The number of hydrogen-bond donors (Lipinski definition) is 1. The Morgan fingerprint density at radius 1 is 1.16 bits per heavy atom. The standard InChI is InChI=1S/C18H14BN3O2S/c1-12-10-20-17(25-12)18(23)22-19(24)16-8-7-14(9-15(16)11-21-22)13-5-3-2-4-6-13/h2-11,24H,1H3. The van der Waals surface area contributed by atoms with Crippen molar-refractivity contribution >= 4 is 36.0 Å². The van der Waals surface area contributed by atoms with E-state index in [0.29, 0.717) is 10.5 Å². The molecule has 0 spiro atoms. The summed E-state index contributed by atoms with van der Waals surface area (Å²) in [6.45, 7) is 1.88. The fourth-order valence-corrected chi connectivity index (χ4v) is 3.46. The number of hydrogen-bond acceptors (Lipinski definition) is 5. The maximum absolute atomic E-state index is 12.5. The highest BCUT2D eigenvalue weighted by atomic mass is 32.1. The molecule has 0 saturated carbocycles. The van der Waals surface area contributed by atoms with Crippen LogP contribution in [0, 0.1) is 6.92 Å². The summed E-state index contributed by atoms with van der Waals surface area (Å²) in [5.41, 5.74) is 3.57. The second-order valence-electron chi connectivity index (χ2n) is 5.75. The monoisotopic (exact) mass is 347 g/mol. The molecule has 0 fully saturated rings. The van der Waals surface area contributed by atoms with E-state index >= 15 is 0 Å². The number of benzene rings is 2. The SMILES string of the molecule is Cc1cnc(C(=O)N2N=Cc3cc(-c4ccccc4)ccc3B2O)s1. The highest BCUT2D eigenvalue weighted by molar-refractivity contribution is 7.13. The van der Waals surface area contributed by atoms with E-state index in [1.807, 2.05) is 55.5 Å². The van der Waals surface area contributed by atoms with E-state index in [9.17, 15) is 9.82 Å². The van der Waals surface area contributed by atoms with Gasteiger partial charge in [0.2, 0.25) is 0 Å². The lowest BCUT2D eigenvalue weighted by Crippen LogP contribution is -2.52. The Bertz CT molecular complexity index is 971. The second-order valence-corrected chi connectivity index (χ2v) is 6.99. The van der Waals surface area contributed by atoms with Crippen molar-refractivity contribution in [2.75, 3.05) is 0 Å². The molecule has 1 amide bonds. The average molecular weight is 347 g/mol. The Kier molecular flexibility index (Phi) is 3.95. The second kappa shape index (κ2) is 6.27. The summed E-state index contributed by atoms with van der Waals surface area (Å²) >= 11 is 1.29. The van der Waals surface area contributed by atoms with Gasteiger partial charge in [0, 0.05) is 11.1 Å². The van der Waals surface area contributed by atoms with Gasteiger partial charge in [-0.3, -0.25) is 4.79 Å². The number of nitrogens with zero attached hydrogens (tertiary/aromatic N) is 3. The lowest BCUT2D eigenvalue weighted by atomic mass is 9.69. The first kappa shape index (κ1) is 15.7. The molecule has 0 saturated heterocycles. The maximum Gasteiger partial charge on any atom is 0.474 e. The molecule has 0 aliphatic carbocycles. The molecule has 122 valence electrons. The van der Waals surface area contributed by atoms with Gasteiger partial charge in [0.25, 0.3) is 5.91 Å². The zero-order valence-electron chi connectivity index (χ0n) is 13.5. The number of carbonyl (C=O) groups excluding carboxylic acids is 1. The highest BCUT2D eigenvalue weighted by Gasteiger charge is 2.35. The number of rotatable bonds is 2. The molecular weight excluding hydrogens is 333 g/mol. The van der Waals surface area contributed by atoms with E-state index in [0.717, 1.165) is 26.5 Å². The predicted molar refractivity (Wildman–Crippen MR) is 100 cm³/mol. The van der Waals surface area contributed by atoms with E-state index < -0.39 is 13.0 Å². The Balaban J connectivity index is 1.66. The molecule has 3 aromatic rings. The van der Waals surface area contributed by atoms with Gasteiger partial charge >= 0.3 is 7.05 Å². The summed E-state index contributed by atoms with van der Waals surface area (Å²) in [6.07, 6.45) is 3.24. The Hall–Kier alpha value is -2.77. The summed E-state index contributed by atoms with van der Waals surface area (Å²) in [6, 6.07) is 15.7. The average Bonchev–Trinajstić information content (AvgIpc) is 3.08. The van der Waals surface area contributed by atoms with Gasteiger partial charge in [-0.1, -0.05) is 42.5 Å². The number of thiazole rings is 1. The van der Waals surface area contributed by atoms with Crippen LogP contribution in [0.2, 0.25) is 0 Å². The number of aryl methyl sites for hydroxylation is 1. The molecule has 0 radical (unpaired) electrons. The van der Waals surface area contributed by atoms with Crippen molar-refractivity contribution in [2.45, 2.75) is 6.92 Å². The van der Waals surface area contributed by atoms with Crippen LogP contribution in [0.5, 0.6) is 0 Å². The molecule has 7 heteroatoms. The summed E-state index contributed by atoms with van der Waals surface area (Å²) in [5, 5.41) is 15.1. The van der Waals surface area contributed by atoms with Crippen LogP contribution in [-0.2, 0) is 0 Å². The summed E-state index contributed by atoms with van der Waals surface area (Å²) in [5.74, 6) is -0.403. The van der Waals surface area contributed by atoms with Crippen molar-refractivity contribution < 1.29 is 9.82 Å². The van der Waals surface area contributed by atoms with Gasteiger partial charge in [0.1, 0.15) is 0 Å². The maximum atomic E-state index is 12.5. The topological polar surface area (TPSA) is 65.8 Å². The van der Waals surface area contributed by atoms with Crippen molar-refractivity contribution in [2.24, 2.45) is 5.10 Å². The fraction of sp³-hybridized carbons (Fsp3) is 0.0556. The third kappa shape index (κ3) is 2.88. The number of amides is 1. The van der Waals surface area contributed by atoms with Gasteiger partial charge in [0.15, 0.2) is 5.01 Å². The predicted octanol–water partition coefficient (Wildman–Crippen LogP) is 2.30. The van der Waals surface area contributed by atoms with Crippen LogP contribution in [0.25, 0.3) is 11.1 Å². The van der Waals surface area contributed by atoms with Crippen molar-refractivity contribution in [3.63, 3.8) is 0 Å². The normalized spacial score (nSPS) is 13.0. The lowest BCUT2D eigenvalue weighted by molar-refractivity contribution is 0.0845. The van der Waals surface area contributed by atoms with Gasteiger partial charge < -0.3 is 5.02 Å². The minimum atomic E-state index is -1.12. The fourth-order valence-electron chi connectivity index (χ4n) is 2.77.